The highest BCUT2D eigenvalue weighted by Gasteiger charge is 2.28. The molecule has 2 aliphatic rings. The number of ether oxygens (including phenoxy) is 3. The number of carbonyl (C=O) groups excluding carboxylic acids is 2. The summed E-state index contributed by atoms with van der Waals surface area (Å²) in [5.41, 5.74) is 0. The van der Waals surface area contributed by atoms with Crippen LogP contribution < -0.4 is 0 Å². The van der Waals surface area contributed by atoms with Gasteiger partial charge in [0.15, 0.2) is 0 Å². The number of esters is 2. The Morgan fingerprint density at radius 2 is 1.65 bits per heavy atom. The molecule has 8 nitrogen and oxygen atoms in total. The molecule has 0 saturated carbocycles. The molecule has 1 N–H and O–H groups in total. The van der Waals surface area contributed by atoms with Crippen LogP contribution in [0.25, 0.3) is 0 Å². The highest BCUT2D eigenvalue weighted by Crippen LogP contribution is 2.25. The molecular weight excluding hydrogens is 340 g/mol. The minimum Gasteiger partial charge on any atom is -0.428 e. The van der Waals surface area contributed by atoms with Gasteiger partial charge in [-0.25, -0.2) is 0 Å². The molecule has 2 saturated heterocycles. The smallest absolute Gasteiger partial charge is 0.311 e. The third kappa shape index (κ3) is 8.93. The van der Waals surface area contributed by atoms with Crippen molar-refractivity contribution in [2.75, 3.05) is 53.7 Å². The second-order valence-electron chi connectivity index (χ2n) is 6.60. The van der Waals surface area contributed by atoms with E-state index in [0.717, 1.165) is 59.1 Å². The largest absolute Gasteiger partial charge is 0.428 e. The predicted molar refractivity (Wildman–Crippen MR) is 96.6 cm³/mol. The fraction of sp³-hybridized carbons (Fsp3) is 0.889. The first-order valence-electron chi connectivity index (χ1n) is 9.39. The molecule has 26 heavy (non-hydrogen) atoms. The molecule has 2 heterocycles. The van der Waals surface area contributed by atoms with E-state index in [1.54, 1.807) is 6.92 Å². The average Bonchev–Trinajstić information content (AvgIpc) is 3.10. The van der Waals surface area contributed by atoms with Crippen LogP contribution in [-0.4, -0.2) is 92.7 Å². The lowest BCUT2D eigenvalue weighted by molar-refractivity contribution is -0.168. The summed E-state index contributed by atoms with van der Waals surface area (Å²) >= 11 is 0. The molecule has 0 aromatic carbocycles. The summed E-state index contributed by atoms with van der Waals surface area (Å²) in [4.78, 5) is 27.5. The highest BCUT2D eigenvalue weighted by atomic mass is 16.7. The average molecular weight is 374 g/mol. The SMILES string of the molecule is CCC(=O)OCOC(=O)CC1CCC(CCN2CCN(C)CC2)O1.CO. The summed E-state index contributed by atoms with van der Waals surface area (Å²) < 4.78 is 15.6. The second-order valence-corrected chi connectivity index (χ2v) is 6.60. The molecule has 0 spiro atoms. The molecule has 0 aromatic rings. The van der Waals surface area contributed by atoms with Gasteiger partial charge in [-0.2, -0.15) is 0 Å². The van der Waals surface area contributed by atoms with Crippen molar-refractivity contribution in [2.45, 2.75) is 51.2 Å². The van der Waals surface area contributed by atoms with E-state index in [4.69, 9.17) is 19.3 Å². The molecular formula is C18H34N2O6. The van der Waals surface area contributed by atoms with Gasteiger partial charge in [0.25, 0.3) is 0 Å². The van der Waals surface area contributed by atoms with E-state index < -0.39 is 0 Å². The lowest BCUT2D eigenvalue weighted by Crippen LogP contribution is -2.45. The van der Waals surface area contributed by atoms with Crippen LogP contribution in [0.4, 0.5) is 0 Å². The van der Waals surface area contributed by atoms with Crippen LogP contribution in [0.2, 0.25) is 0 Å². The van der Waals surface area contributed by atoms with Gasteiger partial charge in [0.2, 0.25) is 6.79 Å². The molecule has 8 heteroatoms. The fourth-order valence-corrected chi connectivity index (χ4v) is 3.05. The Bertz CT molecular complexity index is 412. The molecule has 152 valence electrons. The Balaban J connectivity index is 0.00000163. The molecule has 2 aliphatic heterocycles. The molecule has 2 fully saturated rings. The number of aliphatic hydroxyl groups excluding tert-OH is 1. The van der Waals surface area contributed by atoms with Gasteiger partial charge in [-0.05, 0) is 26.3 Å². The lowest BCUT2D eigenvalue weighted by atomic mass is 10.1. The van der Waals surface area contributed by atoms with Gasteiger partial charge >= 0.3 is 11.9 Å². The van der Waals surface area contributed by atoms with E-state index >= 15 is 0 Å². The summed E-state index contributed by atoms with van der Waals surface area (Å²) in [7, 11) is 3.16. The molecule has 2 rings (SSSR count). The van der Waals surface area contributed by atoms with Crippen LogP contribution >= 0.6 is 0 Å². The topological polar surface area (TPSA) is 88.5 Å². The van der Waals surface area contributed by atoms with Crippen molar-refractivity contribution >= 4 is 11.9 Å². The monoisotopic (exact) mass is 374 g/mol. The fourth-order valence-electron chi connectivity index (χ4n) is 3.05. The van der Waals surface area contributed by atoms with Gasteiger partial charge in [-0.15, -0.1) is 0 Å². The minimum absolute atomic E-state index is 0.0723. The summed E-state index contributed by atoms with van der Waals surface area (Å²) in [5, 5.41) is 7.00. The number of hydrogen-bond donors (Lipinski definition) is 1. The quantitative estimate of drug-likeness (QED) is 0.489. The van der Waals surface area contributed by atoms with Gasteiger partial charge in [0.1, 0.15) is 0 Å². The maximum Gasteiger partial charge on any atom is 0.311 e. The number of piperazine rings is 1. The molecule has 0 aromatic heterocycles. The summed E-state index contributed by atoms with van der Waals surface area (Å²) in [6.07, 6.45) is 3.57. The van der Waals surface area contributed by atoms with E-state index in [0.29, 0.717) is 0 Å². The highest BCUT2D eigenvalue weighted by molar-refractivity contribution is 5.71. The Morgan fingerprint density at radius 1 is 1.04 bits per heavy atom. The normalized spacial score (nSPS) is 23.8. The lowest BCUT2D eigenvalue weighted by Gasteiger charge is -2.32. The van der Waals surface area contributed by atoms with Gasteiger partial charge < -0.3 is 29.1 Å². The number of rotatable bonds is 8. The van der Waals surface area contributed by atoms with E-state index in [2.05, 4.69) is 16.8 Å². The third-order valence-corrected chi connectivity index (χ3v) is 4.68. The Hall–Kier alpha value is -1.22. The van der Waals surface area contributed by atoms with Crippen molar-refractivity contribution in [1.29, 1.82) is 0 Å². The minimum atomic E-state index is -0.372. The zero-order valence-corrected chi connectivity index (χ0v) is 16.3. The standard InChI is InChI=1S/C17H30N2O5.CH4O/c1-3-16(20)22-13-23-17(21)12-15-5-4-14(24-15)6-7-19-10-8-18(2)9-11-19;1-2/h14-15H,3-13H2,1-2H3;2H,1H3. The maximum absolute atomic E-state index is 11.7. The van der Waals surface area contributed by atoms with Gasteiger partial charge in [-0.3, -0.25) is 9.59 Å². The number of hydrogen-bond acceptors (Lipinski definition) is 8. The first-order chi connectivity index (χ1) is 12.6. The number of nitrogens with zero attached hydrogens (tertiary/aromatic N) is 2. The first kappa shape index (κ1) is 22.8. The van der Waals surface area contributed by atoms with Crippen molar-refractivity contribution in [3.63, 3.8) is 0 Å². The molecule has 2 unspecified atom stereocenters. The molecule has 0 aliphatic carbocycles. The first-order valence-corrected chi connectivity index (χ1v) is 9.39. The molecule has 2 atom stereocenters. The number of likely N-dealkylation sites (N-methyl/N-ethyl adjacent to an activating group) is 1. The number of carbonyl (C=O) groups is 2. The molecule has 0 radical (unpaired) electrons. The van der Waals surface area contributed by atoms with Crippen molar-refractivity contribution in [1.82, 2.24) is 9.80 Å². The molecule has 0 amide bonds. The summed E-state index contributed by atoms with van der Waals surface area (Å²) in [5.74, 6) is -0.743. The Kier molecular flexibility index (Phi) is 11.4. The van der Waals surface area contributed by atoms with Crippen LogP contribution in [0.15, 0.2) is 0 Å². The van der Waals surface area contributed by atoms with E-state index in [-0.39, 0.29) is 43.8 Å². The van der Waals surface area contributed by atoms with Crippen molar-refractivity contribution in [3.05, 3.63) is 0 Å². The van der Waals surface area contributed by atoms with Crippen molar-refractivity contribution < 1.29 is 28.9 Å². The van der Waals surface area contributed by atoms with Crippen molar-refractivity contribution in [3.8, 4) is 0 Å². The number of aliphatic hydroxyl groups is 1. The van der Waals surface area contributed by atoms with Crippen LogP contribution in [0.3, 0.4) is 0 Å². The third-order valence-electron chi connectivity index (χ3n) is 4.68. The second kappa shape index (κ2) is 13.0. The Labute approximate surface area is 156 Å². The van der Waals surface area contributed by atoms with E-state index in [1.165, 1.54) is 0 Å². The predicted octanol–water partition coefficient (Wildman–Crippen LogP) is 0.624. The Morgan fingerprint density at radius 3 is 2.31 bits per heavy atom. The van der Waals surface area contributed by atoms with Crippen LogP contribution in [0.1, 0.15) is 39.0 Å². The van der Waals surface area contributed by atoms with Gasteiger partial charge in [-0.1, -0.05) is 6.92 Å². The van der Waals surface area contributed by atoms with Gasteiger partial charge in [0.05, 0.1) is 18.6 Å². The van der Waals surface area contributed by atoms with Gasteiger partial charge in [0, 0.05) is 46.3 Å². The zero-order valence-electron chi connectivity index (χ0n) is 16.3. The van der Waals surface area contributed by atoms with E-state index in [9.17, 15) is 9.59 Å². The van der Waals surface area contributed by atoms with Crippen molar-refractivity contribution in [2.24, 2.45) is 0 Å². The van der Waals surface area contributed by atoms with Crippen LogP contribution in [-0.2, 0) is 23.8 Å². The van der Waals surface area contributed by atoms with Crippen LogP contribution in [0, 0.1) is 0 Å². The van der Waals surface area contributed by atoms with Crippen LogP contribution in [0.5, 0.6) is 0 Å². The zero-order chi connectivity index (χ0) is 19.4. The summed E-state index contributed by atoms with van der Waals surface area (Å²) in [6.45, 7) is 6.95. The maximum atomic E-state index is 11.7. The molecule has 0 bridgehead atoms. The summed E-state index contributed by atoms with van der Waals surface area (Å²) in [6, 6.07) is 0. The van der Waals surface area contributed by atoms with E-state index in [1.807, 2.05) is 0 Å².